The van der Waals surface area contributed by atoms with E-state index >= 15 is 0 Å². The molecule has 0 spiro atoms. The van der Waals surface area contributed by atoms with Crippen molar-refractivity contribution in [1.29, 1.82) is 0 Å². The summed E-state index contributed by atoms with van der Waals surface area (Å²) in [4.78, 5) is 18.2. The SMILES string of the molecule is CCc1cc(N(CC(=O)O)Cc2ccc(-c3ccccc3-c3nnn[nH]3)cc2)n2ncc(Br)c2n1. The highest BCUT2D eigenvalue weighted by Crippen LogP contribution is 2.30. The Morgan fingerprint density at radius 3 is 2.60 bits per heavy atom. The number of fused-ring (bicyclic) bond motifs is 1. The number of aliphatic carboxylic acids is 1. The molecule has 0 radical (unpaired) electrons. The lowest BCUT2D eigenvalue weighted by Gasteiger charge is -2.24. The van der Waals surface area contributed by atoms with Gasteiger partial charge in [-0.3, -0.25) is 4.79 Å². The number of carboxylic acid groups (broad SMARTS) is 1. The number of hydrogen-bond acceptors (Lipinski definition) is 7. The van der Waals surface area contributed by atoms with Gasteiger partial charge in [-0.2, -0.15) is 9.61 Å². The van der Waals surface area contributed by atoms with Crippen LogP contribution in [0.5, 0.6) is 0 Å². The molecule has 2 N–H and O–H groups in total. The van der Waals surface area contributed by atoms with E-state index < -0.39 is 5.97 Å². The van der Waals surface area contributed by atoms with Gasteiger partial charge >= 0.3 is 5.97 Å². The first kappa shape index (κ1) is 22.7. The summed E-state index contributed by atoms with van der Waals surface area (Å²) in [5, 5.41) is 28.2. The number of aryl methyl sites for hydroxylation is 1. The monoisotopic (exact) mass is 532 g/mol. The number of nitrogens with one attached hydrogen (secondary N) is 1. The van der Waals surface area contributed by atoms with E-state index in [4.69, 9.17) is 0 Å². The molecule has 35 heavy (non-hydrogen) atoms. The molecule has 0 saturated carbocycles. The second kappa shape index (κ2) is 9.63. The van der Waals surface area contributed by atoms with Crippen molar-refractivity contribution in [2.45, 2.75) is 19.9 Å². The first-order chi connectivity index (χ1) is 17.0. The van der Waals surface area contributed by atoms with Crippen molar-refractivity contribution in [2.75, 3.05) is 11.4 Å². The van der Waals surface area contributed by atoms with Gasteiger partial charge in [-0.15, -0.1) is 5.10 Å². The average Bonchev–Trinajstić information content (AvgIpc) is 3.54. The van der Waals surface area contributed by atoms with Gasteiger partial charge in [0.05, 0.1) is 10.7 Å². The highest BCUT2D eigenvalue weighted by molar-refractivity contribution is 9.10. The molecule has 0 atom stereocenters. The van der Waals surface area contributed by atoms with Crippen molar-refractivity contribution in [3.8, 4) is 22.5 Å². The molecule has 0 aliphatic carbocycles. The van der Waals surface area contributed by atoms with Gasteiger partial charge in [0.2, 0.25) is 0 Å². The van der Waals surface area contributed by atoms with E-state index in [1.807, 2.05) is 61.5 Å². The molecule has 0 fully saturated rings. The van der Waals surface area contributed by atoms with Gasteiger partial charge in [0.15, 0.2) is 11.5 Å². The largest absolute Gasteiger partial charge is 0.480 e. The molecule has 5 aromatic rings. The first-order valence-corrected chi connectivity index (χ1v) is 11.7. The molecular formula is C24H21BrN8O2. The Balaban J connectivity index is 1.48. The van der Waals surface area contributed by atoms with Crippen molar-refractivity contribution >= 4 is 33.4 Å². The summed E-state index contributed by atoms with van der Waals surface area (Å²) in [5.41, 5.74) is 5.36. The first-order valence-electron chi connectivity index (χ1n) is 11.0. The van der Waals surface area contributed by atoms with Gasteiger partial charge in [0.1, 0.15) is 12.4 Å². The number of aromatic amines is 1. The van der Waals surface area contributed by atoms with Gasteiger partial charge in [-0.25, -0.2) is 10.1 Å². The Hall–Kier alpha value is -4.12. The van der Waals surface area contributed by atoms with Crippen LogP contribution in [0, 0.1) is 0 Å². The Labute approximate surface area is 208 Å². The summed E-state index contributed by atoms with van der Waals surface area (Å²) in [7, 11) is 0. The Kier molecular flexibility index (Phi) is 6.23. The molecule has 0 bridgehead atoms. The van der Waals surface area contributed by atoms with Crippen molar-refractivity contribution in [3.05, 3.63) is 76.5 Å². The summed E-state index contributed by atoms with van der Waals surface area (Å²) in [5.74, 6) is 0.341. The van der Waals surface area contributed by atoms with E-state index in [9.17, 15) is 9.90 Å². The second-order valence-electron chi connectivity index (χ2n) is 7.93. The fourth-order valence-electron chi connectivity index (χ4n) is 3.98. The molecule has 3 heterocycles. The maximum atomic E-state index is 11.7. The van der Waals surface area contributed by atoms with Crippen LogP contribution in [0.4, 0.5) is 5.82 Å². The molecule has 11 heteroatoms. The summed E-state index contributed by atoms with van der Waals surface area (Å²) in [6, 6.07) is 17.8. The highest BCUT2D eigenvalue weighted by atomic mass is 79.9. The molecule has 0 aliphatic heterocycles. The van der Waals surface area contributed by atoms with Gasteiger partial charge < -0.3 is 10.0 Å². The summed E-state index contributed by atoms with van der Waals surface area (Å²) in [6.45, 7) is 2.22. The van der Waals surface area contributed by atoms with Crippen LogP contribution >= 0.6 is 15.9 Å². The van der Waals surface area contributed by atoms with Crippen molar-refractivity contribution in [3.63, 3.8) is 0 Å². The minimum absolute atomic E-state index is 0.178. The van der Waals surface area contributed by atoms with Crippen LogP contribution in [0.15, 0.2) is 65.3 Å². The van der Waals surface area contributed by atoms with Crippen molar-refractivity contribution < 1.29 is 9.90 Å². The number of hydrogen-bond donors (Lipinski definition) is 2. The van der Waals surface area contributed by atoms with Gasteiger partial charge in [0.25, 0.3) is 0 Å². The fourth-order valence-corrected chi connectivity index (χ4v) is 4.33. The molecule has 2 aromatic carbocycles. The van der Waals surface area contributed by atoms with Gasteiger partial charge in [0, 0.05) is 23.9 Å². The average molecular weight is 533 g/mol. The number of carboxylic acids is 1. The number of H-pyrrole nitrogens is 1. The van der Waals surface area contributed by atoms with Crippen LogP contribution in [0.1, 0.15) is 18.2 Å². The lowest BCUT2D eigenvalue weighted by Crippen LogP contribution is -2.31. The van der Waals surface area contributed by atoms with E-state index in [1.54, 1.807) is 15.6 Å². The van der Waals surface area contributed by atoms with Crippen molar-refractivity contribution in [2.24, 2.45) is 0 Å². The number of tetrazole rings is 1. The number of aromatic nitrogens is 7. The smallest absolute Gasteiger partial charge is 0.323 e. The van der Waals surface area contributed by atoms with Gasteiger partial charge in [-0.1, -0.05) is 55.5 Å². The fraction of sp³-hybridized carbons (Fsp3) is 0.167. The molecule has 176 valence electrons. The number of rotatable bonds is 8. The Bertz CT molecular complexity index is 1480. The quantitative estimate of drug-likeness (QED) is 0.307. The predicted octanol–water partition coefficient (Wildman–Crippen LogP) is 3.99. The number of anilines is 1. The zero-order valence-corrected chi connectivity index (χ0v) is 20.3. The second-order valence-corrected chi connectivity index (χ2v) is 8.78. The Morgan fingerprint density at radius 2 is 1.91 bits per heavy atom. The zero-order valence-electron chi connectivity index (χ0n) is 18.8. The molecule has 3 aromatic heterocycles. The number of halogens is 1. The maximum absolute atomic E-state index is 11.7. The van der Waals surface area contributed by atoms with Crippen LogP contribution in [-0.4, -0.2) is 52.8 Å². The lowest BCUT2D eigenvalue weighted by atomic mass is 9.98. The standard InChI is InChI=1S/C24H21BrN8O2/c1-2-17-11-21(33-24(27-17)20(25)12-26-33)32(14-22(34)35)13-15-7-9-16(10-8-15)18-5-3-4-6-19(18)23-28-30-31-29-23/h3-12H,2,13-14H2,1H3,(H,34,35)(H,28,29,30,31). The topological polar surface area (TPSA) is 125 Å². The van der Waals surface area contributed by atoms with E-state index in [0.717, 1.165) is 38.8 Å². The number of nitrogens with zero attached hydrogens (tertiary/aromatic N) is 7. The zero-order chi connectivity index (χ0) is 24.4. The molecule has 0 aliphatic rings. The van der Waals surface area contributed by atoms with E-state index in [0.29, 0.717) is 23.8 Å². The molecule has 0 unspecified atom stereocenters. The Morgan fingerprint density at radius 1 is 1.14 bits per heavy atom. The van der Waals surface area contributed by atoms with Crippen LogP contribution in [0.3, 0.4) is 0 Å². The lowest BCUT2D eigenvalue weighted by molar-refractivity contribution is -0.135. The normalized spacial score (nSPS) is 11.1. The minimum Gasteiger partial charge on any atom is -0.480 e. The molecule has 0 saturated heterocycles. The van der Waals surface area contributed by atoms with E-state index in [1.165, 1.54) is 0 Å². The maximum Gasteiger partial charge on any atom is 0.323 e. The third-order valence-electron chi connectivity index (χ3n) is 5.64. The van der Waals surface area contributed by atoms with Gasteiger partial charge in [-0.05, 0) is 49.5 Å². The third kappa shape index (κ3) is 4.62. The molecule has 0 amide bonds. The van der Waals surface area contributed by atoms with Crippen LogP contribution in [0.2, 0.25) is 0 Å². The van der Waals surface area contributed by atoms with E-state index in [-0.39, 0.29) is 6.54 Å². The summed E-state index contributed by atoms with van der Waals surface area (Å²) < 4.78 is 2.43. The van der Waals surface area contributed by atoms with Crippen LogP contribution in [0.25, 0.3) is 28.2 Å². The third-order valence-corrected chi connectivity index (χ3v) is 6.20. The summed E-state index contributed by atoms with van der Waals surface area (Å²) in [6.07, 6.45) is 2.39. The molecular weight excluding hydrogens is 512 g/mol. The molecule has 10 nitrogen and oxygen atoms in total. The predicted molar refractivity (Wildman–Crippen MR) is 134 cm³/mol. The highest BCUT2D eigenvalue weighted by Gasteiger charge is 2.19. The summed E-state index contributed by atoms with van der Waals surface area (Å²) >= 11 is 3.49. The van der Waals surface area contributed by atoms with E-state index in [2.05, 4.69) is 46.6 Å². The van der Waals surface area contributed by atoms with Crippen molar-refractivity contribution in [1.82, 2.24) is 35.2 Å². The van der Waals surface area contributed by atoms with Crippen LogP contribution in [-0.2, 0) is 17.8 Å². The van der Waals surface area contributed by atoms with Crippen LogP contribution < -0.4 is 4.90 Å². The number of carbonyl (C=O) groups is 1. The molecule has 5 rings (SSSR count). The minimum atomic E-state index is -0.926. The number of benzene rings is 2.